The summed E-state index contributed by atoms with van der Waals surface area (Å²) in [7, 11) is 0. The van der Waals surface area contributed by atoms with E-state index in [-0.39, 0.29) is 6.29 Å². The summed E-state index contributed by atoms with van der Waals surface area (Å²) in [4.78, 5) is 7.01. The maximum Gasteiger partial charge on any atom is 0.150 e. The molecule has 10 heavy (non-hydrogen) atoms. The van der Waals surface area contributed by atoms with Gasteiger partial charge >= 0.3 is 0 Å². The third kappa shape index (κ3) is 0.758. The van der Waals surface area contributed by atoms with Crippen LogP contribution >= 0.6 is 0 Å². The Kier molecular flexibility index (Phi) is 1.12. The molecule has 0 fully saturated rings. The van der Waals surface area contributed by atoms with Crippen LogP contribution in [0.3, 0.4) is 0 Å². The largest absolute Gasteiger partial charge is 0.346 e. The van der Waals surface area contributed by atoms with E-state index in [0.717, 1.165) is 18.1 Å². The molecule has 0 aromatic carbocycles. The Morgan fingerprint density at radius 2 is 2.60 bits per heavy atom. The molecule has 0 aliphatic carbocycles. The Hall–Kier alpha value is -1.07. The molecule has 0 radical (unpaired) electrons. The van der Waals surface area contributed by atoms with Crippen molar-refractivity contribution in [2.45, 2.75) is 12.8 Å². The zero-order valence-corrected chi connectivity index (χ0v) is 5.39. The number of nitrogens with two attached hydrogens (primary N) is 1. The topological polar surface area (TPSA) is 78.8 Å². The highest BCUT2D eigenvalue weighted by molar-refractivity contribution is 5.42. The van der Waals surface area contributed by atoms with E-state index in [9.17, 15) is 0 Å². The molecular formula is C5H9N5. The van der Waals surface area contributed by atoms with Gasteiger partial charge in [-0.2, -0.15) is 0 Å². The number of anilines is 1. The highest BCUT2D eigenvalue weighted by Crippen LogP contribution is 2.12. The van der Waals surface area contributed by atoms with Crippen LogP contribution < -0.4 is 16.4 Å². The van der Waals surface area contributed by atoms with Gasteiger partial charge in [-0.15, -0.1) is 0 Å². The third-order valence-corrected chi connectivity index (χ3v) is 1.51. The van der Waals surface area contributed by atoms with Gasteiger partial charge in [-0.3, -0.25) is 11.1 Å². The van der Waals surface area contributed by atoms with Crippen LogP contribution in [-0.4, -0.2) is 16.3 Å². The van der Waals surface area contributed by atoms with E-state index in [1.807, 2.05) is 0 Å². The lowest BCUT2D eigenvalue weighted by Crippen LogP contribution is -2.46. The maximum atomic E-state index is 5.53. The van der Waals surface area contributed by atoms with Crippen LogP contribution in [0.4, 0.5) is 5.82 Å². The summed E-state index contributed by atoms with van der Waals surface area (Å²) in [5.41, 5.74) is 6.59. The second-order valence-electron chi connectivity index (χ2n) is 2.23. The van der Waals surface area contributed by atoms with Crippen LogP contribution in [0.1, 0.15) is 5.69 Å². The zero-order chi connectivity index (χ0) is 6.97. The number of rotatable bonds is 0. The van der Waals surface area contributed by atoms with Gasteiger partial charge in [0.1, 0.15) is 6.29 Å². The fraction of sp³-hybridized carbons (Fsp3) is 0.400. The van der Waals surface area contributed by atoms with Crippen LogP contribution in [0.15, 0.2) is 6.33 Å². The Labute approximate surface area is 58.0 Å². The molecular weight excluding hydrogens is 130 g/mol. The summed E-state index contributed by atoms with van der Waals surface area (Å²) >= 11 is 0. The van der Waals surface area contributed by atoms with Gasteiger partial charge in [-0.1, -0.05) is 0 Å². The fourth-order valence-electron chi connectivity index (χ4n) is 0.991. The van der Waals surface area contributed by atoms with Gasteiger partial charge in [0.15, 0.2) is 5.82 Å². The number of imidazole rings is 1. The van der Waals surface area contributed by atoms with E-state index in [4.69, 9.17) is 5.73 Å². The van der Waals surface area contributed by atoms with E-state index in [2.05, 4.69) is 20.6 Å². The predicted octanol–water partition coefficient (Wildman–Crippen LogP) is -0.833. The second-order valence-corrected chi connectivity index (χ2v) is 2.23. The molecule has 0 bridgehead atoms. The minimum atomic E-state index is -0.171. The average Bonchev–Trinajstić information content (AvgIpc) is 2.33. The molecule has 0 saturated heterocycles. The Morgan fingerprint density at radius 1 is 1.70 bits per heavy atom. The smallest absolute Gasteiger partial charge is 0.150 e. The minimum Gasteiger partial charge on any atom is -0.346 e. The summed E-state index contributed by atoms with van der Waals surface area (Å²) in [5, 5.41) is 5.98. The number of aromatic amines is 1. The van der Waals surface area contributed by atoms with Gasteiger partial charge in [0.25, 0.3) is 0 Å². The van der Waals surface area contributed by atoms with Gasteiger partial charge in [-0.05, 0) is 0 Å². The summed E-state index contributed by atoms with van der Waals surface area (Å²) in [6.45, 7) is 0.753. The summed E-state index contributed by atoms with van der Waals surface area (Å²) < 4.78 is 0. The number of nitrogens with one attached hydrogen (secondary N) is 3. The van der Waals surface area contributed by atoms with Crippen LogP contribution in [0.5, 0.6) is 0 Å². The van der Waals surface area contributed by atoms with E-state index in [1.165, 1.54) is 0 Å². The molecule has 54 valence electrons. The van der Waals surface area contributed by atoms with Crippen molar-refractivity contribution < 1.29 is 0 Å². The van der Waals surface area contributed by atoms with Crippen molar-refractivity contribution in [1.29, 1.82) is 0 Å². The minimum absolute atomic E-state index is 0.171. The zero-order valence-electron chi connectivity index (χ0n) is 5.39. The number of hydrogen-bond donors (Lipinski definition) is 4. The van der Waals surface area contributed by atoms with E-state index in [1.54, 1.807) is 6.33 Å². The molecule has 1 unspecified atom stereocenters. The van der Waals surface area contributed by atoms with Crippen LogP contribution in [-0.2, 0) is 6.54 Å². The summed E-state index contributed by atoms with van der Waals surface area (Å²) in [6.07, 6.45) is 1.48. The summed E-state index contributed by atoms with van der Waals surface area (Å²) in [5.74, 6) is 0.853. The Bertz CT molecular complexity index is 230. The Morgan fingerprint density at radius 3 is 3.50 bits per heavy atom. The molecule has 0 amide bonds. The molecule has 5 heteroatoms. The van der Waals surface area contributed by atoms with E-state index >= 15 is 0 Å². The number of H-pyrrole nitrogens is 1. The molecule has 0 spiro atoms. The quantitative estimate of drug-likeness (QED) is 0.378. The van der Waals surface area contributed by atoms with Crippen molar-refractivity contribution >= 4 is 5.82 Å². The van der Waals surface area contributed by atoms with Crippen molar-refractivity contribution in [3.8, 4) is 0 Å². The highest BCUT2D eigenvalue weighted by Gasteiger charge is 2.14. The lowest BCUT2D eigenvalue weighted by Gasteiger charge is -2.20. The van der Waals surface area contributed by atoms with E-state index < -0.39 is 0 Å². The van der Waals surface area contributed by atoms with Crippen LogP contribution in [0, 0.1) is 0 Å². The predicted molar refractivity (Wildman–Crippen MR) is 37.0 cm³/mol. The van der Waals surface area contributed by atoms with Crippen LogP contribution in [0.2, 0.25) is 0 Å². The first-order chi connectivity index (χ1) is 4.86. The Balaban J connectivity index is 2.30. The first-order valence-corrected chi connectivity index (χ1v) is 3.14. The first-order valence-electron chi connectivity index (χ1n) is 3.14. The number of aromatic nitrogens is 2. The van der Waals surface area contributed by atoms with Crippen molar-refractivity contribution in [3.05, 3.63) is 12.0 Å². The lowest BCUT2D eigenvalue weighted by molar-refractivity contribution is 0.551. The van der Waals surface area contributed by atoms with Crippen molar-refractivity contribution in [3.63, 3.8) is 0 Å². The standard InChI is InChI=1S/C5H9N5/c6-5-7-1-3-4(10-5)9-2-8-3/h2,5,7,10H,1,6H2,(H,8,9). The van der Waals surface area contributed by atoms with Crippen LogP contribution in [0.25, 0.3) is 0 Å². The number of nitrogens with zero attached hydrogens (tertiary/aromatic N) is 1. The van der Waals surface area contributed by atoms with Gasteiger partial charge < -0.3 is 10.3 Å². The number of hydrogen-bond acceptors (Lipinski definition) is 4. The molecule has 5 nitrogen and oxygen atoms in total. The third-order valence-electron chi connectivity index (χ3n) is 1.51. The van der Waals surface area contributed by atoms with Gasteiger partial charge in [0, 0.05) is 6.54 Å². The summed E-state index contributed by atoms with van der Waals surface area (Å²) in [6, 6.07) is 0. The first kappa shape index (κ1) is 5.70. The molecule has 1 aliphatic rings. The van der Waals surface area contributed by atoms with Gasteiger partial charge in [0.05, 0.1) is 12.0 Å². The fourth-order valence-corrected chi connectivity index (χ4v) is 0.991. The molecule has 0 saturated carbocycles. The van der Waals surface area contributed by atoms with Crippen molar-refractivity contribution in [2.24, 2.45) is 5.73 Å². The second kappa shape index (κ2) is 1.96. The highest BCUT2D eigenvalue weighted by atomic mass is 15.3. The molecule has 2 heterocycles. The monoisotopic (exact) mass is 139 g/mol. The van der Waals surface area contributed by atoms with Crippen molar-refractivity contribution in [2.75, 3.05) is 5.32 Å². The average molecular weight is 139 g/mol. The maximum absolute atomic E-state index is 5.53. The molecule has 1 aromatic heterocycles. The molecule has 5 N–H and O–H groups in total. The SMILES string of the molecule is NC1NCc2[nH]cnc2N1. The van der Waals surface area contributed by atoms with Gasteiger partial charge in [0.2, 0.25) is 0 Å². The normalized spacial score (nSPS) is 23.5. The van der Waals surface area contributed by atoms with Crippen molar-refractivity contribution in [1.82, 2.24) is 15.3 Å². The van der Waals surface area contributed by atoms with Gasteiger partial charge in [-0.25, -0.2) is 4.98 Å². The number of fused-ring (bicyclic) bond motifs is 1. The van der Waals surface area contributed by atoms with E-state index in [0.29, 0.717) is 0 Å². The molecule has 1 atom stereocenters. The molecule has 2 rings (SSSR count). The molecule has 1 aliphatic heterocycles. The molecule has 1 aromatic rings. The lowest BCUT2D eigenvalue weighted by atomic mass is 10.4.